The number of aromatic nitrogens is 2. The summed E-state index contributed by atoms with van der Waals surface area (Å²) in [6, 6.07) is 12.5. The number of nitrogens with one attached hydrogen (secondary N) is 1. The Labute approximate surface area is 129 Å². The number of rotatable bonds is 7. The standard InChI is InChI=1S/C17H19N3S/c1-2-4-16(5-3-1)17-19-10-12-20(17)11-9-18-8-6-15-7-13-21-14-15/h1-5,7,10,12-14,18H,6,8-9,11H2. The molecule has 1 N–H and O–H groups in total. The van der Waals surface area contributed by atoms with Crippen LogP contribution in [0.4, 0.5) is 0 Å². The van der Waals surface area contributed by atoms with Crippen LogP contribution in [-0.2, 0) is 13.0 Å². The number of hydrogen-bond donors (Lipinski definition) is 1. The summed E-state index contributed by atoms with van der Waals surface area (Å²) in [5.74, 6) is 1.04. The van der Waals surface area contributed by atoms with E-state index in [2.05, 4.69) is 43.8 Å². The van der Waals surface area contributed by atoms with E-state index in [0.717, 1.165) is 31.9 Å². The van der Waals surface area contributed by atoms with E-state index in [1.165, 1.54) is 11.1 Å². The molecule has 21 heavy (non-hydrogen) atoms. The quantitative estimate of drug-likeness (QED) is 0.677. The zero-order valence-electron chi connectivity index (χ0n) is 11.9. The highest BCUT2D eigenvalue weighted by Crippen LogP contribution is 2.16. The molecule has 1 aromatic carbocycles. The van der Waals surface area contributed by atoms with Gasteiger partial charge >= 0.3 is 0 Å². The van der Waals surface area contributed by atoms with E-state index in [4.69, 9.17) is 0 Å². The van der Waals surface area contributed by atoms with E-state index < -0.39 is 0 Å². The zero-order valence-corrected chi connectivity index (χ0v) is 12.7. The number of thiophene rings is 1. The van der Waals surface area contributed by atoms with Crippen LogP contribution in [0.25, 0.3) is 11.4 Å². The number of imidazole rings is 1. The normalized spacial score (nSPS) is 10.9. The summed E-state index contributed by atoms with van der Waals surface area (Å²) in [7, 11) is 0. The number of benzene rings is 1. The summed E-state index contributed by atoms with van der Waals surface area (Å²) >= 11 is 1.76. The lowest BCUT2D eigenvalue weighted by molar-refractivity contribution is 0.602. The van der Waals surface area contributed by atoms with Crippen LogP contribution in [0.15, 0.2) is 59.6 Å². The van der Waals surface area contributed by atoms with Gasteiger partial charge in [0.05, 0.1) is 0 Å². The smallest absolute Gasteiger partial charge is 0.139 e. The van der Waals surface area contributed by atoms with Crippen molar-refractivity contribution in [3.05, 3.63) is 65.1 Å². The molecule has 0 aliphatic rings. The molecule has 0 atom stereocenters. The molecule has 0 radical (unpaired) electrons. The maximum atomic E-state index is 4.46. The summed E-state index contributed by atoms with van der Waals surface area (Å²) in [6.07, 6.45) is 5.01. The van der Waals surface area contributed by atoms with Gasteiger partial charge in [-0.1, -0.05) is 30.3 Å². The van der Waals surface area contributed by atoms with Gasteiger partial charge in [-0.2, -0.15) is 11.3 Å². The van der Waals surface area contributed by atoms with Crippen LogP contribution in [0, 0.1) is 0 Å². The number of nitrogens with zero attached hydrogens (tertiary/aromatic N) is 2. The molecule has 0 spiro atoms. The van der Waals surface area contributed by atoms with Gasteiger partial charge in [0.1, 0.15) is 5.82 Å². The van der Waals surface area contributed by atoms with Gasteiger partial charge in [-0.25, -0.2) is 4.98 Å². The van der Waals surface area contributed by atoms with Crippen molar-refractivity contribution < 1.29 is 0 Å². The highest BCUT2D eigenvalue weighted by Gasteiger charge is 2.04. The Morgan fingerprint density at radius 1 is 1.10 bits per heavy atom. The minimum atomic E-state index is 0.938. The molecule has 0 saturated carbocycles. The predicted octanol–water partition coefficient (Wildman–Crippen LogP) is 3.44. The van der Waals surface area contributed by atoms with Gasteiger partial charge in [-0.3, -0.25) is 0 Å². The molecule has 4 heteroatoms. The van der Waals surface area contributed by atoms with Crippen LogP contribution < -0.4 is 5.32 Å². The second kappa shape index (κ2) is 7.20. The molecule has 0 unspecified atom stereocenters. The second-order valence-electron chi connectivity index (χ2n) is 4.94. The summed E-state index contributed by atoms with van der Waals surface area (Å²) in [6.45, 7) is 2.92. The van der Waals surface area contributed by atoms with E-state index in [9.17, 15) is 0 Å². The first-order valence-electron chi connectivity index (χ1n) is 7.22. The molecular formula is C17H19N3S. The Kier molecular flexibility index (Phi) is 4.82. The van der Waals surface area contributed by atoms with Crippen molar-refractivity contribution >= 4 is 11.3 Å². The van der Waals surface area contributed by atoms with E-state index in [-0.39, 0.29) is 0 Å². The SMILES string of the molecule is c1ccc(-c2nccn2CCNCCc2ccsc2)cc1. The predicted molar refractivity (Wildman–Crippen MR) is 88.6 cm³/mol. The summed E-state index contributed by atoms with van der Waals surface area (Å²) in [5.41, 5.74) is 2.58. The fourth-order valence-electron chi connectivity index (χ4n) is 2.33. The molecule has 2 aromatic heterocycles. The zero-order chi connectivity index (χ0) is 14.3. The van der Waals surface area contributed by atoms with Gasteiger partial charge in [0, 0.05) is 31.0 Å². The van der Waals surface area contributed by atoms with Crippen molar-refractivity contribution in [3.63, 3.8) is 0 Å². The molecule has 0 amide bonds. The lowest BCUT2D eigenvalue weighted by Crippen LogP contribution is -2.22. The summed E-state index contributed by atoms with van der Waals surface area (Å²) < 4.78 is 2.20. The van der Waals surface area contributed by atoms with Gasteiger partial charge in [0.2, 0.25) is 0 Å². The average molecular weight is 297 g/mol. The molecule has 0 aliphatic heterocycles. The fraction of sp³-hybridized carbons (Fsp3) is 0.235. The summed E-state index contributed by atoms with van der Waals surface area (Å²) in [4.78, 5) is 4.46. The lowest BCUT2D eigenvalue weighted by Gasteiger charge is -2.09. The van der Waals surface area contributed by atoms with Crippen molar-refractivity contribution in [2.75, 3.05) is 13.1 Å². The second-order valence-corrected chi connectivity index (χ2v) is 5.72. The third-order valence-corrected chi connectivity index (χ3v) is 4.18. The van der Waals surface area contributed by atoms with Crippen LogP contribution in [0.5, 0.6) is 0 Å². The maximum Gasteiger partial charge on any atom is 0.139 e. The highest BCUT2D eigenvalue weighted by molar-refractivity contribution is 7.07. The van der Waals surface area contributed by atoms with E-state index >= 15 is 0 Å². The molecule has 0 saturated heterocycles. The molecular weight excluding hydrogens is 278 g/mol. The minimum Gasteiger partial charge on any atom is -0.330 e. The number of hydrogen-bond acceptors (Lipinski definition) is 3. The maximum absolute atomic E-state index is 4.46. The van der Waals surface area contributed by atoms with E-state index in [0.29, 0.717) is 0 Å². The van der Waals surface area contributed by atoms with Crippen molar-refractivity contribution in [2.45, 2.75) is 13.0 Å². The van der Waals surface area contributed by atoms with E-state index in [1.54, 1.807) is 11.3 Å². The first kappa shape index (κ1) is 14.0. The van der Waals surface area contributed by atoms with Crippen LogP contribution in [0.1, 0.15) is 5.56 Å². The Morgan fingerprint density at radius 3 is 2.81 bits per heavy atom. The molecule has 3 nitrogen and oxygen atoms in total. The molecule has 3 rings (SSSR count). The Morgan fingerprint density at radius 2 is 2.00 bits per heavy atom. The largest absolute Gasteiger partial charge is 0.330 e. The topological polar surface area (TPSA) is 29.9 Å². The molecule has 0 aliphatic carbocycles. The van der Waals surface area contributed by atoms with Crippen molar-refractivity contribution in [3.8, 4) is 11.4 Å². The fourth-order valence-corrected chi connectivity index (χ4v) is 3.03. The van der Waals surface area contributed by atoms with Gasteiger partial charge in [-0.15, -0.1) is 0 Å². The Bertz CT molecular complexity index is 644. The van der Waals surface area contributed by atoms with E-state index in [1.807, 2.05) is 30.6 Å². The average Bonchev–Trinajstić information content (AvgIpc) is 3.19. The van der Waals surface area contributed by atoms with Crippen LogP contribution >= 0.6 is 11.3 Å². The van der Waals surface area contributed by atoms with Crippen LogP contribution in [0.2, 0.25) is 0 Å². The first-order chi connectivity index (χ1) is 10.4. The monoisotopic (exact) mass is 297 g/mol. The molecule has 108 valence electrons. The third-order valence-electron chi connectivity index (χ3n) is 3.45. The molecule has 0 bridgehead atoms. The van der Waals surface area contributed by atoms with Crippen LogP contribution in [0.3, 0.4) is 0 Å². The molecule has 2 heterocycles. The third kappa shape index (κ3) is 3.80. The van der Waals surface area contributed by atoms with Gasteiger partial charge in [0.25, 0.3) is 0 Å². The van der Waals surface area contributed by atoms with Crippen molar-refractivity contribution in [2.24, 2.45) is 0 Å². The van der Waals surface area contributed by atoms with Crippen molar-refractivity contribution in [1.82, 2.24) is 14.9 Å². The first-order valence-corrected chi connectivity index (χ1v) is 8.16. The Hall–Kier alpha value is -1.91. The minimum absolute atomic E-state index is 0.938. The summed E-state index contributed by atoms with van der Waals surface area (Å²) in [5, 5.41) is 7.84. The van der Waals surface area contributed by atoms with Gasteiger partial charge < -0.3 is 9.88 Å². The Balaban J connectivity index is 1.49. The van der Waals surface area contributed by atoms with Crippen LogP contribution in [-0.4, -0.2) is 22.6 Å². The van der Waals surface area contributed by atoms with Crippen molar-refractivity contribution in [1.29, 1.82) is 0 Å². The van der Waals surface area contributed by atoms with Gasteiger partial charge in [-0.05, 0) is 35.4 Å². The highest BCUT2D eigenvalue weighted by atomic mass is 32.1. The lowest BCUT2D eigenvalue weighted by atomic mass is 10.2. The van der Waals surface area contributed by atoms with Gasteiger partial charge in [0.15, 0.2) is 0 Å². The molecule has 3 aromatic rings. The molecule has 0 fully saturated rings.